The molecule has 2 saturated heterocycles. The number of ether oxygens (including phenoxy) is 1. The molecule has 3 N–H and O–H groups in total. The SMILES string of the molecule is C[C@H]1CN2c3c(nc4c(C(=O)NCc5ccc(C#N)cc5)noc4c3Cl)CC3(C(=O)NC(=O)NC3=O)[C@@H]2[C@@H](C)O1. The lowest BCUT2D eigenvalue weighted by atomic mass is 9.67. The van der Waals surface area contributed by atoms with Gasteiger partial charge in [0.1, 0.15) is 10.5 Å². The van der Waals surface area contributed by atoms with Crippen molar-refractivity contribution in [1.82, 2.24) is 26.1 Å². The van der Waals surface area contributed by atoms with Gasteiger partial charge in [-0.15, -0.1) is 0 Å². The number of aromatic nitrogens is 2. The number of nitrogens with zero attached hydrogens (tertiary/aromatic N) is 4. The molecule has 3 aromatic rings. The molecule has 0 aliphatic carbocycles. The fraction of sp³-hybridized carbons (Fsp3) is 0.346. The van der Waals surface area contributed by atoms with Crippen LogP contribution in [0.15, 0.2) is 28.8 Å². The van der Waals surface area contributed by atoms with E-state index in [2.05, 4.69) is 26.1 Å². The van der Waals surface area contributed by atoms with Crippen LogP contribution in [0.25, 0.3) is 11.1 Å². The van der Waals surface area contributed by atoms with Gasteiger partial charge in [-0.25, -0.2) is 9.78 Å². The van der Waals surface area contributed by atoms with Crippen molar-refractivity contribution in [2.45, 2.75) is 45.1 Å². The number of carbonyl (C=O) groups is 4. The number of benzene rings is 1. The fourth-order valence-corrected chi connectivity index (χ4v) is 6.21. The van der Waals surface area contributed by atoms with Crippen molar-refractivity contribution in [2.75, 3.05) is 11.4 Å². The zero-order valence-electron chi connectivity index (χ0n) is 21.3. The summed E-state index contributed by atoms with van der Waals surface area (Å²) in [5, 5.41) is 20.2. The highest BCUT2D eigenvalue weighted by Crippen LogP contribution is 2.50. The molecule has 2 aromatic heterocycles. The van der Waals surface area contributed by atoms with Crippen LogP contribution in [0.1, 0.15) is 41.2 Å². The molecule has 0 radical (unpaired) electrons. The van der Waals surface area contributed by atoms with Gasteiger partial charge in [-0.3, -0.25) is 25.0 Å². The molecule has 204 valence electrons. The minimum absolute atomic E-state index is 0.0664. The lowest BCUT2D eigenvalue weighted by Gasteiger charge is -2.55. The second kappa shape index (κ2) is 9.29. The Labute approximate surface area is 231 Å². The van der Waals surface area contributed by atoms with Crippen molar-refractivity contribution in [3.8, 4) is 6.07 Å². The van der Waals surface area contributed by atoms with Crippen molar-refractivity contribution in [3.05, 3.63) is 51.8 Å². The molecule has 5 heterocycles. The highest BCUT2D eigenvalue weighted by molar-refractivity contribution is 6.38. The van der Waals surface area contributed by atoms with E-state index < -0.39 is 41.3 Å². The summed E-state index contributed by atoms with van der Waals surface area (Å²) < 4.78 is 11.5. The third-order valence-corrected chi connectivity index (χ3v) is 7.88. The van der Waals surface area contributed by atoms with Crippen LogP contribution in [0.2, 0.25) is 5.02 Å². The number of fused-ring (bicyclic) bond motifs is 5. The Balaban J connectivity index is 1.42. The molecule has 14 heteroatoms. The summed E-state index contributed by atoms with van der Waals surface area (Å²) >= 11 is 6.85. The number of rotatable bonds is 3. The number of nitriles is 1. The first-order valence-corrected chi connectivity index (χ1v) is 12.9. The van der Waals surface area contributed by atoms with Crippen molar-refractivity contribution in [1.29, 1.82) is 5.26 Å². The van der Waals surface area contributed by atoms with Gasteiger partial charge < -0.3 is 19.5 Å². The number of pyridine rings is 1. The Kier molecular flexibility index (Phi) is 5.97. The van der Waals surface area contributed by atoms with Gasteiger partial charge in [0.15, 0.2) is 11.1 Å². The zero-order valence-corrected chi connectivity index (χ0v) is 22.0. The molecule has 0 bridgehead atoms. The molecule has 40 heavy (non-hydrogen) atoms. The minimum atomic E-state index is -1.75. The van der Waals surface area contributed by atoms with Gasteiger partial charge in [0.05, 0.1) is 41.3 Å². The molecule has 13 nitrogen and oxygen atoms in total. The molecule has 5 amide bonds. The van der Waals surface area contributed by atoms with Crippen LogP contribution in [0.4, 0.5) is 10.5 Å². The number of barbiturate groups is 1. The minimum Gasteiger partial charge on any atom is -0.372 e. The fourth-order valence-electron chi connectivity index (χ4n) is 5.87. The second-order valence-corrected chi connectivity index (χ2v) is 10.4. The van der Waals surface area contributed by atoms with Crippen LogP contribution in [-0.4, -0.2) is 58.7 Å². The Morgan fingerprint density at radius 2 is 1.93 bits per heavy atom. The standard InChI is InChI=1S/C26H22ClN7O6/c1-11-10-34-19-15(7-26(21(34)12(2)39-11)23(36)31-25(38)32-24(26)37)30-17-18(33-40-20(17)16(19)27)22(35)29-9-14-5-3-13(8-28)4-6-14/h3-6,11-12,21H,7,9-10H2,1-2H3,(H,29,35)(H2,31,32,36,37,38)/t11-,12+,21-/m0/s1. The molecule has 3 aliphatic heterocycles. The van der Waals surface area contributed by atoms with E-state index >= 15 is 0 Å². The summed E-state index contributed by atoms with van der Waals surface area (Å²) in [6, 6.07) is 7.04. The van der Waals surface area contributed by atoms with Gasteiger partial charge in [-0.1, -0.05) is 28.9 Å². The zero-order chi connectivity index (χ0) is 28.3. The molecule has 0 saturated carbocycles. The lowest BCUT2D eigenvalue weighted by molar-refractivity contribution is -0.153. The Morgan fingerprint density at radius 1 is 1.23 bits per heavy atom. The monoisotopic (exact) mass is 563 g/mol. The predicted octanol–water partition coefficient (Wildman–Crippen LogP) is 1.57. The smallest absolute Gasteiger partial charge is 0.328 e. The Morgan fingerprint density at radius 3 is 2.60 bits per heavy atom. The maximum absolute atomic E-state index is 13.4. The van der Waals surface area contributed by atoms with Crippen molar-refractivity contribution < 1.29 is 28.4 Å². The van der Waals surface area contributed by atoms with E-state index in [0.717, 1.165) is 5.56 Å². The van der Waals surface area contributed by atoms with Crippen molar-refractivity contribution in [3.63, 3.8) is 0 Å². The average Bonchev–Trinajstić information content (AvgIpc) is 3.34. The van der Waals surface area contributed by atoms with E-state index in [9.17, 15) is 19.2 Å². The molecule has 0 unspecified atom stereocenters. The van der Waals surface area contributed by atoms with E-state index in [1.807, 2.05) is 13.0 Å². The van der Waals surface area contributed by atoms with Gasteiger partial charge in [0, 0.05) is 19.5 Å². The van der Waals surface area contributed by atoms with Crippen LogP contribution in [0, 0.1) is 16.7 Å². The van der Waals surface area contributed by atoms with Gasteiger partial charge in [0.25, 0.3) is 5.91 Å². The first-order valence-electron chi connectivity index (χ1n) is 12.5. The van der Waals surface area contributed by atoms with E-state index in [4.69, 9.17) is 26.1 Å². The first-order chi connectivity index (χ1) is 19.1. The van der Waals surface area contributed by atoms with E-state index in [0.29, 0.717) is 11.3 Å². The Hall–Kier alpha value is -4.54. The van der Waals surface area contributed by atoms with Crippen LogP contribution in [0.3, 0.4) is 0 Å². The third kappa shape index (κ3) is 3.79. The second-order valence-electron chi connectivity index (χ2n) is 10.1. The topological polar surface area (TPSA) is 180 Å². The average molecular weight is 564 g/mol. The number of hydrogen-bond donors (Lipinski definition) is 3. The molecule has 1 spiro atoms. The number of carbonyl (C=O) groups excluding carboxylic acids is 4. The summed E-state index contributed by atoms with van der Waals surface area (Å²) in [7, 11) is 0. The van der Waals surface area contributed by atoms with E-state index in [1.165, 1.54) is 0 Å². The molecular formula is C26H22ClN7O6. The quantitative estimate of drug-likeness (QED) is 0.396. The summed E-state index contributed by atoms with van der Waals surface area (Å²) in [4.78, 5) is 58.2. The normalized spacial score (nSPS) is 23.2. The molecule has 3 atom stereocenters. The van der Waals surface area contributed by atoms with Crippen LogP contribution < -0.4 is 20.9 Å². The summed E-state index contributed by atoms with van der Waals surface area (Å²) in [5.41, 5.74) is 0.255. The van der Waals surface area contributed by atoms with E-state index in [1.54, 1.807) is 36.1 Å². The van der Waals surface area contributed by atoms with E-state index in [-0.39, 0.29) is 53.1 Å². The highest BCUT2D eigenvalue weighted by Gasteiger charge is 2.63. The maximum atomic E-state index is 13.4. The van der Waals surface area contributed by atoms with Crippen LogP contribution in [0.5, 0.6) is 0 Å². The number of morpholine rings is 1. The number of amides is 5. The first kappa shape index (κ1) is 25.7. The molecule has 6 rings (SSSR count). The van der Waals surface area contributed by atoms with Crippen molar-refractivity contribution >= 4 is 52.1 Å². The predicted molar refractivity (Wildman–Crippen MR) is 138 cm³/mol. The number of imide groups is 2. The van der Waals surface area contributed by atoms with Crippen molar-refractivity contribution in [2.24, 2.45) is 5.41 Å². The number of nitrogens with one attached hydrogen (secondary N) is 3. The number of anilines is 1. The molecule has 2 fully saturated rings. The van der Waals surface area contributed by atoms with Crippen LogP contribution >= 0.6 is 11.6 Å². The summed E-state index contributed by atoms with van der Waals surface area (Å²) in [5.74, 6) is -2.12. The Bertz CT molecular complexity index is 1630. The number of halogens is 1. The summed E-state index contributed by atoms with van der Waals surface area (Å²) in [6.45, 7) is 4.03. The summed E-state index contributed by atoms with van der Waals surface area (Å²) in [6.07, 6.45) is -1.08. The number of hydrogen-bond acceptors (Lipinski definition) is 10. The largest absolute Gasteiger partial charge is 0.372 e. The van der Waals surface area contributed by atoms with Gasteiger partial charge in [0.2, 0.25) is 17.4 Å². The highest BCUT2D eigenvalue weighted by atomic mass is 35.5. The molecule has 1 aromatic carbocycles. The lowest BCUT2D eigenvalue weighted by Crippen LogP contribution is -2.75. The number of urea groups is 1. The maximum Gasteiger partial charge on any atom is 0.328 e. The van der Waals surface area contributed by atoms with Gasteiger partial charge >= 0.3 is 6.03 Å². The molecular weight excluding hydrogens is 542 g/mol. The van der Waals surface area contributed by atoms with Gasteiger partial charge in [-0.05, 0) is 31.5 Å². The molecule has 3 aliphatic rings. The third-order valence-electron chi connectivity index (χ3n) is 7.53. The van der Waals surface area contributed by atoms with Gasteiger partial charge in [-0.2, -0.15) is 5.26 Å². The van der Waals surface area contributed by atoms with Crippen LogP contribution in [-0.2, 0) is 27.3 Å².